The van der Waals surface area contributed by atoms with Gasteiger partial charge in [-0.3, -0.25) is 4.79 Å². The minimum absolute atomic E-state index is 0.116. The summed E-state index contributed by atoms with van der Waals surface area (Å²) >= 11 is 12.4. The van der Waals surface area contributed by atoms with Gasteiger partial charge in [-0.25, -0.2) is 4.39 Å². The molecule has 0 heterocycles. The molecular weight excluding hydrogens is 410 g/mol. The van der Waals surface area contributed by atoms with Gasteiger partial charge >= 0.3 is 0 Å². The van der Waals surface area contributed by atoms with Crippen molar-refractivity contribution in [1.29, 1.82) is 5.26 Å². The van der Waals surface area contributed by atoms with Crippen molar-refractivity contribution in [2.45, 2.75) is 19.3 Å². The second-order valence-electron chi connectivity index (χ2n) is 6.65. The van der Waals surface area contributed by atoms with Crippen LogP contribution >= 0.6 is 23.2 Å². The van der Waals surface area contributed by atoms with Crippen molar-refractivity contribution in [2.75, 3.05) is 5.32 Å². The molecule has 1 N–H and O–H groups in total. The van der Waals surface area contributed by atoms with Crippen LogP contribution in [0.3, 0.4) is 0 Å². The van der Waals surface area contributed by atoms with Crippen LogP contribution in [0.25, 0.3) is 0 Å². The largest absolute Gasteiger partial charge is 0.326 e. The molecule has 0 aromatic heterocycles. The molecule has 0 unspecified atom stereocenters. The van der Waals surface area contributed by atoms with Gasteiger partial charge in [-0.15, -0.1) is 0 Å². The van der Waals surface area contributed by atoms with E-state index in [2.05, 4.69) is 11.4 Å². The number of amides is 1. The molecule has 6 heteroatoms. The summed E-state index contributed by atoms with van der Waals surface area (Å²) in [6, 6.07) is 18.5. The third-order valence-corrected chi connectivity index (χ3v) is 5.12. The standard InChI is InChI=1S/C23H17Cl2FN2O/c1-14-10-19(20(13-27)16-4-6-17(24)7-5-16)21(25)12-22(14)28-23(29)11-15-2-8-18(26)9-3-15/h2-10,12,20H,11H2,1H3,(H,28,29)/t20-/m1/s1. The molecule has 0 aliphatic rings. The van der Waals surface area contributed by atoms with Gasteiger partial charge in [0.15, 0.2) is 0 Å². The van der Waals surface area contributed by atoms with Crippen LogP contribution in [0.2, 0.25) is 10.0 Å². The zero-order valence-corrected chi connectivity index (χ0v) is 17.1. The van der Waals surface area contributed by atoms with E-state index in [4.69, 9.17) is 23.2 Å². The van der Waals surface area contributed by atoms with Crippen molar-refractivity contribution >= 4 is 34.8 Å². The van der Waals surface area contributed by atoms with E-state index < -0.39 is 5.92 Å². The van der Waals surface area contributed by atoms with E-state index in [1.54, 1.807) is 48.5 Å². The fourth-order valence-corrected chi connectivity index (χ4v) is 3.42. The first kappa shape index (κ1) is 20.9. The first-order chi connectivity index (χ1) is 13.9. The number of carbonyl (C=O) groups is 1. The Labute approximate surface area is 178 Å². The zero-order chi connectivity index (χ0) is 21.0. The molecule has 3 nitrogen and oxygen atoms in total. The van der Waals surface area contributed by atoms with Gasteiger partial charge in [-0.05, 0) is 59.5 Å². The van der Waals surface area contributed by atoms with Gasteiger partial charge in [0.05, 0.1) is 18.4 Å². The van der Waals surface area contributed by atoms with E-state index >= 15 is 0 Å². The van der Waals surface area contributed by atoms with Crippen LogP contribution in [0.15, 0.2) is 60.7 Å². The number of benzene rings is 3. The number of rotatable bonds is 5. The van der Waals surface area contributed by atoms with Crippen molar-refractivity contribution < 1.29 is 9.18 Å². The maximum absolute atomic E-state index is 13.0. The topological polar surface area (TPSA) is 52.9 Å². The minimum Gasteiger partial charge on any atom is -0.326 e. The van der Waals surface area contributed by atoms with E-state index in [9.17, 15) is 14.4 Å². The summed E-state index contributed by atoms with van der Waals surface area (Å²) in [4.78, 5) is 12.3. The predicted octanol–water partition coefficient (Wildman–Crippen LogP) is 6.28. The Morgan fingerprint density at radius 3 is 2.38 bits per heavy atom. The summed E-state index contributed by atoms with van der Waals surface area (Å²) in [5, 5.41) is 13.5. The smallest absolute Gasteiger partial charge is 0.228 e. The number of hydrogen-bond donors (Lipinski definition) is 1. The van der Waals surface area contributed by atoms with Crippen LogP contribution < -0.4 is 5.32 Å². The maximum atomic E-state index is 13.0. The molecule has 0 bridgehead atoms. The third kappa shape index (κ3) is 5.14. The Bertz CT molecular complexity index is 1070. The number of nitrogens with one attached hydrogen (secondary N) is 1. The molecule has 1 atom stereocenters. The van der Waals surface area contributed by atoms with Crippen LogP contribution in [0, 0.1) is 24.1 Å². The highest BCUT2D eigenvalue weighted by Gasteiger charge is 2.19. The van der Waals surface area contributed by atoms with Gasteiger partial charge in [0, 0.05) is 15.7 Å². The molecule has 29 heavy (non-hydrogen) atoms. The lowest BCUT2D eigenvalue weighted by Crippen LogP contribution is -2.15. The van der Waals surface area contributed by atoms with Crippen LogP contribution in [-0.2, 0) is 11.2 Å². The number of halogens is 3. The molecule has 3 rings (SSSR count). The number of anilines is 1. The Morgan fingerprint density at radius 1 is 1.10 bits per heavy atom. The SMILES string of the molecule is Cc1cc([C@H](C#N)c2ccc(Cl)cc2)c(Cl)cc1NC(=O)Cc1ccc(F)cc1. The summed E-state index contributed by atoms with van der Waals surface area (Å²) < 4.78 is 13.0. The molecule has 0 aliphatic carbocycles. The molecule has 0 aliphatic heterocycles. The number of hydrogen-bond acceptors (Lipinski definition) is 2. The van der Waals surface area contributed by atoms with Gasteiger partial charge < -0.3 is 5.32 Å². The van der Waals surface area contributed by atoms with E-state index in [0.717, 1.165) is 11.1 Å². The second-order valence-corrected chi connectivity index (χ2v) is 7.50. The average molecular weight is 427 g/mol. The van der Waals surface area contributed by atoms with E-state index in [0.29, 0.717) is 26.9 Å². The highest BCUT2D eigenvalue weighted by molar-refractivity contribution is 6.32. The highest BCUT2D eigenvalue weighted by atomic mass is 35.5. The summed E-state index contributed by atoms with van der Waals surface area (Å²) in [6.45, 7) is 1.84. The monoisotopic (exact) mass is 426 g/mol. The van der Waals surface area contributed by atoms with Crippen molar-refractivity contribution in [3.8, 4) is 6.07 Å². The molecule has 146 valence electrons. The molecule has 0 radical (unpaired) electrons. The molecule has 0 saturated heterocycles. The summed E-state index contributed by atoms with van der Waals surface area (Å²) in [5.74, 6) is -1.14. The fourth-order valence-electron chi connectivity index (χ4n) is 3.02. The normalized spacial score (nSPS) is 11.6. The van der Waals surface area contributed by atoms with Crippen molar-refractivity contribution in [1.82, 2.24) is 0 Å². The average Bonchev–Trinajstić information content (AvgIpc) is 2.69. The Balaban J connectivity index is 1.81. The van der Waals surface area contributed by atoms with Gasteiger partial charge in [0.1, 0.15) is 5.82 Å². The van der Waals surface area contributed by atoms with Gasteiger partial charge in [-0.2, -0.15) is 5.26 Å². The summed E-state index contributed by atoms with van der Waals surface area (Å²) in [7, 11) is 0. The lowest BCUT2D eigenvalue weighted by molar-refractivity contribution is -0.115. The molecule has 0 saturated carbocycles. The van der Waals surface area contributed by atoms with E-state index in [-0.39, 0.29) is 18.1 Å². The van der Waals surface area contributed by atoms with Crippen LogP contribution in [0.5, 0.6) is 0 Å². The lowest BCUT2D eigenvalue weighted by Gasteiger charge is -2.16. The maximum Gasteiger partial charge on any atom is 0.228 e. The minimum atomic E-state index is -0.553. The van der Waals surface area contributed by atoms with Crippen molar-refractivity contribution in [3.05, 3.63) is 98.8 Å². The first-order valence-corrected chi connectivity index (χ1v) is 9.62. The Morgan fingerprint density at radius 2 is 1.76 bits per heavy atom. The number of nitriles is 1. The van der Waals surface area contributed by atoms with Gasteiger partial charge in [-0.1, -0.05) is 53.5 Å². The first-order valence-electron chi connectivity index (χ1n) is 8.87. The predicted molar refractivity (Wildman–Crippen MR) is 114 cm³/mol. The highest BCUT2D eigenvalue weighted by Crippen LogP contribution is 2.34. The lowest BCUT2D eigenvalue weighted by atomic mass is 9.91. The van der Waals surface area contributed by atoms with Gasteiger partial charge in [0.25, 0.3) is 0 Å². The van der Waals surface area contributed by atoms with Gasteiger partial charge in [0.2, 0.25) is 5.91 Å². The number of carbonyl (C=O) groups excluding carboxylic acids is 1. The number of aryl methyl sites for hydroxylation is 1. The summed E-state index contributed by atoms with van der Waals surface area (Å²) in [5.41, 5.74) is 3.50. The van der Waals surface area contributed by atoms with E-state index in [1.165, 1.54) is 12.1 Å². The fraction of sp³-hybridized carbons (Fsp3) is 0.130. The molecule has 0 fully saturated rings. The quantitative estimate of drug-likeness (QED) is 0.521. The molecule has 0 spiro atoms. The third-order valence-electron chi connectivity index (χ3n) is 4.54. The Hall–Kier alpha value is -2.87. The summed E-state index contributed by atoms with van der Waals surface area (Å²) in [6.07, 6.45) is 0.116. The zero-order valence-electron chi connectivity index (χ0n) is 15.5. The van der Waals surface area contributed by atoms with Crippen molar-refractivity contribution in [3.63, 3.8) is 0 Å². The molecule has 3 aromatic carbocycles. The number of nitrogens with zero attached hydrogens (tertiary/aromatic N) is 1. The molecule has 1 amide bonds. The van der Waals surface area contributed by atoms with Crippen LogP contribution in [0.1, 0.15) is 28.2 Å². The van der Waals surface area contributed by atoms with Crippen LogP contribution in [0.4, 0.5) is 10.1 Å². The van der Waals surface area contributed by atoms with Crippen LogP contribution in [-0.4, -0.2) is 5.91 Å². The molecular formula is C23H17Cl2FN2O. The second kappa shape index (κ2) is 9.09. The molecule has 3 aromatic rings. The van der Waals surface area contributed by atoms with E-state index in [1.807, 2.05) is 6.92 Å². The van der Waals surface area contributed by atoms with Crippen molar-refractivity contribution in [2.24, 2.45) is 0 Å². The Kier molecular flexibility index (Phi) is 6.53.